The molecule has 2 aromatic carbocycles. The first-order valence-corrected chi connectivity index (χ1v) is 8.48. The minimum Gasteiger partial charge on any atom is -0.507 e. The van der Waals surface area contributed by atoms with Crippen LogP contribution in [0.3, 0.4) is 0 Å². The summed E-state index contributed by atoms with van der Waals surface area (Å²) >= 11 is 0. The van der Waals surface area contributed by atoms with Crippen molar-refractivity contribution >= 4 is 11.4 Å². The molecular weight excluding hydrogens is 314 g/mol. The first kappa shape index (κ1) is 15.7. The van der Waals surface area contributed by atoms with Gasteiger partial charge in [-0.25, -0.2) is 0 Å². The molecule has 25 heavy (non-hydrogen) atoms. The Hall–Kier alpha value is -2.79. The zero-order valence-corrected chi connectivity index (χ0v) is 13.9. The van der Waals surface area contributed by atoms with E-state index in [1.807, 2.05) is 36.4 Å². The fraction of sp³-hybridized carbons (Fsp3) is 0.250. The van der Waals surface area contributed by atoms with Crippen molar-refractivity contribution in [3.05, 3.63) is 65.2 Å². The quantitative estimate of drug-likeness (QED) is 0.501. The van der Waals surface area contributed by atoms with Crippen LogP contribution >= 0.6 is 0 Å². The van der Waals surface area contributed by atoms with Crippen LogP contribution in [0.5, 0.6) is 11.5 Å². The average molecular weight is 335 g/mol. The molecule has 0 aromatic heterocycles. The zero-order valence-electron chi connectivity index (χ0n) is 13.9. The second-order valence-electron chi connectivity index (χ2n) is 6.62. The molecule has 2 heterocycles. The molecule has 0 aliphatic carbocycles. The molecule has 4 rings (SSSR count). The number of benzene rings is 2. The summed E-state index contributed by atoms with van der Waals surface area (Å²) in [6.07, 6.45) is 3.92. The first-order chi connectivity index (χ1) is 12.1. The van der Waals surface area contributed by atoms with Gasteiger partial charge in [0.15, 0.2) is 0 Å². The summed E-state index contributed by atoms with van der Waals surface area (Å²) in [5.74, 6) is 0.976. The molecule has 0 radical (unpaired) electrons. The lowest BCUT2D eigenvalue weighted by Gasteiger charge is -2.40. The number of phenolic OH excluding ortho intramolecular Hbond substituents is 1. The van der Waals surface area contributed by atoms with Crippen molar-refractivity contribution in [1.29, 1.82) is 5.41 Å². The zero-order chi connectivity index (χ0) is 17.4. The molecule has 2 aliphatic rings. The maximum Gasteiger partial charge on any atom is 0.132 e. The van der Waals surface area contributed by atoms with Crippen LogP contribution in [-0.4, -0.2) is 29.6 Å². The van der Waals surface area contributed by atoms with E-state index in [1.165, 1.54) is 0 Å². The fourth-order valence-corrected chi connectivity index (χ4v) is 3.61. The topological polar surface area (TPSA) is 91.4 Å². The molecule has 5 heteroatoms. The summed E-state index contributed by atoms with van der Waals surface area (Å²) in [6.45, 7) is 1.81. The molecule has 2 aromatic rings. The molecule has 0 atom stereocenters. The van der Waals surface area contributed by atoms with E-state index in [1.54, 1.807) is 6.07 Å². The van der Waals surface area contributed by atoms with Crippen LogP contribution in [-0.2, 0) is 0 Å². The summed E-state index contributed by atoms with van der Waals surface area (Å²) in [7, 11) is 0. The van der Waals surface area contributed by atoms with Gasteiger partial charge in [-0.15, -0.1) is 0 Å². The van der Waals surface area contributed by atoms with Crippen LogP contribution < -0.4 is 15.8 Å². The van der Waals surface area contributed by atoms with Gasteiger partial charge >= 0.3 is 0 Å². The van der Waals surface area contributed by atoms with E-state index in [9.17, 15) is 5.11 Å². The molecule has 0 amide bonds. The van der Waals surface area contributed by atoms with Crippen molar-refractivity contribution < 1.29 is 9.84 Å². The maximum atomic E-state index is 10.4. The highest BCUT2D eigenvalue weighted by molar-refractivity contribution is 5.96. The number of hydrogen-bond donors (Lipinski definition) is 4. The van der Waals surface area contributed by atoms with E-state index in [4.69, 9.17) is 15.9 Å². The number of rotatable bonds is 2. The highest BCUT2D eigenvalue weighted by Gasteiger charge is 2.37. The molecule has 1 spiro atoms. The molecule has 1 saturated heterocycles. The van der Waals surface area contributed by atoms with Gasteiger partial charge in [-0.05, 0) is 42.4 Å². The minimum absolute atomic E-state index is 0.0468. The standard InChI is InChI=1S/C20H21N3O2/c21-19(22)14-6-4-13(5-7-14)15-12-20(8-10-23-11-9-20)25-17-3-1-2-16(24)18(15)17/h1-7,12,23-24H,8-11H2,(H3,21,22). The number of hydrogen-bond acceptors (Lipinski definition) is 4. The normalized spacial score (nSPS) is 18.2. The Bertz CT molecular complexity index is 850. The van der Waals surface area contributed by atoms with Gasteiger partial charge in [-0.2, -0.15) is 0 Å². The molecule has 0 bridgehead atoms. The number of piperidine rings is 1. The molecule has 5 N–H and O–H groups in total. The smallest absolute Gasteiger partial charge is 0.132 e. The fourth-order valence-electron chi connectivity index (χ4n) is 3.61. The van der Waals surface area contributed by atoms with E-state index in [2.05, 4.69) is 11.4 Å². The van der Waals surface area contributed by atoms with E-state index >= 15 is 0 Å². The number of nitrogens with one attached hydrogen (secondary N) is 2. The van der Waals surface area contributed by atoms with Crippen molar-refractivity contribution in [3.8, 4) is 11.5 Å². The van der Waals surface area contributed by atoms with Crippen molar-refractivity contribution in [2.45, 2.75) is 18.4 Å². The molecule has 128 valence electrons. The second-order valence-corrected chi connectivity index (χ2v) is 6.62. The number of nitrogen functional groups attached to an aromatic ring is 1. The number of aromatic hydroxyl groups is 1. The predicted molar refractivity (Wildman–Crippen MR) is 98.1 cm³/mol. The third-order valence-electron chi connectivity index (χ3n) is 4.95. The minimum atomic E-state index is -0.347. The van der Waals surface area contributed by atoms with Crippen LogP contribution in [0.25, 0.3) is 5.57 Å². The first-order valence-electron chi connectivity index (χ1n) is 8.48. The summed E-state index contributed by atoms with van der Waals surface area (Å²) in [5, 5.41) is 21.4. The molecule has 5 nitrogen and oxygen atoms in total. The third-order valence-corrected chi connectivity index (χ3v) is 4.95. The highest BCUT2D eigenvalue weighted by Crippen LogP contribution is 2.46. The molecule has 2 aliphatic heterocycles. The Morgan fingerprint density at radius 3 is 2.52 bits per heavy atom. The summed E-state index contributed by atoms with van der Waals surface area (Å²) in [4.78, 5) is 0. The van der Waals surface area contributed by atoms with Crippen LogP contribution in [0.2, 0.25) is 0 Å². The lowest BCUT2D eigenvalue weighted by Crippen LogP contribution is -2.46. The van der Waals surface area contributed by atoms with Gasteiger partial charge in [0.25, 0.3) is 0 Å². The van der Waals surface area contributed by atoms with Crippen molar-refractivity contribution in [2.24, 2.45) is 5.73 Å². The van der Waals surface area contributed by atoms with Gasteiger partial charge in [-0.3, -0.25) is 5.41 Å². The van der Waals surface area contributed by atoms with Crippen LogP contribution in [0.4, 0.5) is 0 Å². The van der Waals surface area contributed by atoms with Crippen molar-refractivity contribution in [1.82, 2.24) is 5.32 Å². The second kappa shape index (κ2) is 5.93. The van der Waals surface area contributed by atoms with Gasteiger partial charge < -0.3 is 20.9 Å². The number of nitrogens with two attached hydrogens (primary N) is 1. The summed E-state index contributed by atoms with van der Waals surface area (Å²) in [6, 6.07) is 13.0. The Balaban J connectivity index is 1.85. The van der Waals surface area contributed by atoms with Gasteiger partial charge in [0.2, 0.25) is 0 Å². The van der Waals surface area contributed by atoms with E-state index in [0.29, 0.717) is 5.56 Å². The van der Waals surface area contributed by atoms with E-state index in [0.717, 1.165) is 48.4 Å². The predicted octanol–water partition coefficient (Wildman–Crippen LogP) is 2.62. The Morgan fingerprint density at radius 2 is 1.84 bits per heavy atom. The van der Waals surface area contributed by atoms with Gasteiger partial charge in [-0.1, -0.05) is 30.3 Å². The maximum absolute atomic E-state index is 10.4. The van der Waals surface area contributed by atoms with Crippen molar-refractivity contribution in [2.75, 3.05) is 13.1 Å². The Morgan fingerprint density at radius 1 is 1.12 bits per heavy atom. The SMILES string of the molecule is N=C(N)c1ccc(C2=CC3(CCNCC3)Oc3cccc(O)c32)cc1. The van der Waals surface area contributed by atoms with E-state index in [-0.39, 0.29) is 17.2 Å². The van der Waals surface area contributed by atoms with Crippen LogP contribution in [0, 0.1) is 5.41 Å². The largest absolute Gasteiger partial charge is 0.507 e. The van der Waals surface area contributed by atoms with Crippen LogP contribution in [0.15, 0.2) is 48.5 Å². The molecular formula is C20H21N3O2. The van der Waals surface area contributed by atoms with Gasteiger partial charge in [0.05, 0.1) is 5.56 Å². The van der Waals surface area contributed by atoms with Gasteiger partial charge in [0, 0.05) is 18.4 Å². The molecule has 1 fully saturated rings. The Labute approximate surface area is 146 Å². The number of ether oxygens (including phenoxy) is 1. The molecule has 0 unspecified atom stereocenters. The average Bonchev–Trinajstić information content (AvgIpc) is 2.62. The third kappa shape index (κ3) is 2.76. The highest BCUT2D eigenvalue weighted by atomic mass is 16.5. The lowest BCUT2D eigenvalue weighted by atomic mass is 9.83. The lowest BCUT2D eigenvalue weighted by molar-refractivity contribution is 0.0813. The summed E-state index contributed by atoms with van der Waals surface area (Å²) in [5.41, 5.74) is 8.57. The monoisotopic (exact) mass is 335 g/mol. The van der Waals surface area contributed by atoms with Crippen LogP contribution in [0.1, 0.15) is 29.5 Å². The molecule has 0 saturated carbocycles. The van der Waals surface area contributed by atoms with Crippen molar-refractivity contribution in [3.63, 3.8) is 0 Å². The number of fused-ring (bicyclic) bond motifs is 1. The Kier molecular flexibility index (Phi) is 3.73. The number of amidine groups is 1. The van der Waals surface area contributed by atoms with Gasteiger partial charge in [0.1, 0.15) is 22.9 Å². The summed E-state index contributed by atoms with van der Waals surface area (Å²) < 4.78 is 6.32. The number of phenols is 1. The van der Waals surface area contributed by atoms with E-state index < -0.39 is 0 Å².